The fourth-order valence-electron chi connectivity index (χ4n) is 3.08. The molecule has 0 unspecified atom stereocenters. The predicted molar refractivity (Wildman–Crippen MR) is 107 cm³/mol. The van der Waals surface area contributed by atoms with Crippen LogP contribution in [0.4, 0.5) is 0 Å². The van der Waals surface area contributed by atoms with E-state index in [0.717, 1.165) is 60.4 Å². The number of H-pyrrole nitrogens is 1. The first kappa shape index (κ1) is 18.9. The highest BCUT2D eigenvalue weighted by Crippen LogP contribution is 2.23. The molecule has 142 valence electrons. The van der Waals surface area contributed by atoms with Gasteiger partial charge in [-0.05, 0) is 24.5 Å². The Hall–Kier alpha value is -2.89. The molecule has 3 aromatic rings. The van der Waals surface area contributed by atoms with Gasteiger partial charge in [-0.15, -0.1) is 0 Å². The number of aromatic amines is 1. The zero-order valence-corrected chi connectivity index (χ0v) is 16.0. The van der Waals surface area contributed by atoms with Gasteiger partial charge in [0, 0.05) is 38.7 Å². The van der Waals surface area contributed by atoms with E-state index < -0.39 is 0 Å². The normalized spacial score (nSPS) is 10.9. The van der Waals surface area contributed by atoms with Crippen molar-refractivity contribution in [2.75, 3.05) is 7.05 Å². The molecule has 0 aliphatic rings. The number of carbonyl (C=O) groups is 1. The number of aryl methyl sites for hydroxylation is 2. The third-order valence-corrected chi connectivity index (χ3v) is 4.68. The standard InChI is InChI=1S/C21H27N5O/c1-22-21(27)8-6-4-3-5-7-20-23-15-19(24-20)17-11-9-16(10-12-17)18-13-14-26(2)25-18/h9-15H,3-8H2,1-2H3,(H,22,27)(H,23,24). The van der Waals surface area contributed by atoms with Crippen LogP contribution in [0.3, 0.4) is 0 Å². The number of nitrogens with zero attached hydrogens (tertiary/aromatic N) is 3. The van der Waals surface area contributed by atoms with E-state index >= 15 is 0 Å². The maximum atomic E-state index is 11.2. The van der Waals surface area contributed by atoms with Crippen LogP contribution in [-0.2, 0) is 18.3 Å². The Balaban J connectivity index is 1.48. The van der Waals surface area contributed by atoms with Crippen LogP contribution in [0.15, 0.2) is 42.7 Å². The molecule has 0 saturated heterocycles. The molecule has 1 aromatic carbocycles. The number of carbonyl (C=O) groups excluding carboxylic acids is 1. The van der Waals surface area contributed by atoms with Gasteiger partial charge in [-0.1, -0.05) is 37.1 Å². The number of nitrogens with one attached hydrogen (secondary N) is 2. The highest BCUT2D eigenvalue weighted by molar-refractivity contribution is 5.75. The van der Waals surface area contributed by atoms with Crippen LogP contribution in [0.5, 0.6) is 0 Å². The van der Waals surface area contributed by atoms with Gasteiger partial charge in [-0.3, -0.25) is 9.48 Å². The van der Waals surface area contributed by atoms with E-state index in [2.05, 4.69) is 44.6 Å². The second kappa shape index (κ2) is 9.16. The van der Waals surface area contributed by atoms with Crippen LogP contribution in [0.1, 0.15) is 37.9 Å². The van der Waals surface area contributed by atoms with Crippen molar-refractivity contribution < 1.29 is 4.79 Å². The molecule has 1 amide bonds. The Morgan fingerprint density at radius 3 is 2.52 bits per heavy atom. The molecule has 0 saturated carbocycles. The summed E-state index contributed by atoms with van der Waals surface area (Å²) < 4.78 is 1.81. The summed E-state index contributed by atoms with van der Waals surface area (Å²) >= 11 is 0. The van der Waals surface area contributed by atoms with Crippen LogP contribution >= 0.6 is 0 Å². The molecule has 0 bridgehead atoms. The Bertz CT molecular complexity index is 863. The summed E-state index contributed by atoms with van der Waals surface area (Å²) in [5, 5.41) is 7.09. The monoisotopic (exact) mass is 365 g/mol. The van der Waals surface area contributed by atoms with Crippen molar-refractivity contribution in [1.29, 1.82) is 0 Å². The minimum atomic E-state index is 0.125. The van der Waals surface area contributed by atoms with Crippen molar-refractivity contribution in [2.45, 2.75) is 38.5 Å². The lowest BCUT2D eigenvalue weighted by atomic mass is 10.1. The minimum absolute atomic E-state index is 0.125. The smallest absolute Gasteiger partial charge is 0.219 e. The number of aromatic nitrogens is 4. The van der Waals surface area contributed by atoms with Crippen LogP contribution < -0.4 is 5.32 Å². The van der Waals surface area contributed by atoms with E-state index in [-0.39, 0.29) is 5.91 Å². The van der Waals surface area contributed by atoms with Crippen molar-refractivity contribution in [2.24, 2.45) is 7.05 Å². The summed E-state index contributed by atoms with van der Waals surface area (Å²) in [4.78, 5) is 19.1. The molecule has 6 heteroatoms. The summed E-state index contributed by atoms with van der Waals surface area (Å²) in [5.41, 5.74) is 4.25. The summed E-state index contributed by atoms with van der Waals surface area (Å²) in [7, 11) is 3.61. The molecule has 0 atom stereocenters. The summed E-state index contributed by atoms with van der Waals surface area (Å²) in [5.74, 6) is 1.14. The van der Waals surface area contributed by atoms with Crippen LogP contribution in [0, 0.1) is 0 Å². The quantitative estimate of drug-likeness (QED) is 0.568. The number of hydrogen-bond donors (Lipinski definition) is 2. The molecule has 0 fully saturated rings. The summed E-state index contributed by atoms with van der Waals surface area (Å²) in [6.45, 7) is 0. The lowest BCUT2D eigenvalue weighted by molar-refractivity contribution is -0.120. The van der Waals surface area contributed by atoms with E-state index in [1.807, 2.05) is 30.2 Å². The van der Waals surface area contributed by atoms with Gasteiger partial charge in [-0.2, -0.15) is 5.10 Å². The molecule has 0 spiro atoms. The highest BCUT2D eigenvalue weighted by Gasteiger charge is 2.06. The molecular weight excluding hydrogens is 338 g/mol. The lowest BCUT2D eigenvalue weighted by Crippen LogP contribution is -2.16. The third kappa shape index (κ3) is 5.29. The zero-order valence-electron chi connectivity index (χ0n) is 16.0. The lowest BCUT2D eigenvalue weighted by Gasteiger charge is -2.01. The first-order chi connectivity index (χ1) is 13.2. The van der Waals surface area contributed by atoms with Crippen LogP contribution in [0.2, 0.25) is 0 Å². The van der Waals surface area contributed by atoms with Gasteiger partial charge in [0.25, 0.3) is 0 Å². The maximum Gasteiger partial charge on any atom is 0.219 e. The molecule has 3 rings (SSSR count). The molecule has 2 heterocycles. The summed E-state index contributed by atoms with van der Waals surface area (Å²) in [6.07, 6.45) is 9.63. The summed E-state index contributed by atoms with van der Waals surface area (Å²) in [6, 6.07) is 10.4. The second-order valence-electron chi connectivity index (χ2n) is 6.78. The van der Waals surface area contributed by atoms with E-state index in [1.54, 1.807) is 7.05 Å². The zero-order chi connectivity index (χ0) is 19.1. The van der Waals surface area contributed by atoms with Gasteiger partial charge in [0.05, 0.1) is 17.6 Å². The Kier molecular flexibility index (Phi) is 6.41. The van der Waals surface area contributed by atoms with Crippen molar-refractivity contribution in [3.63, 3.8) is 0 Å². The molecule has 2 aromatic heterocycles. The number of benzene rings is 1. The maximum absolute atomic E-state index is 11.2. The van der Waals surface area contributed by atoms with Crippen LogP contribution in [0.25, 0.3) is 22.5 Å². The van der Waals surface area contributed by atoms with Crippen molar-refractivity contribution in [3.8, 4) is 22.5 Å². The number of unbranched alkanes of at least 4 members (excludes halogenated alkanes) is 3. The van der Waals surface area contributed by atoms with E-state index in [0.29, 0.717) is 6.42 Å². The molecular formula is C21H27N5O. The first-order valence-corrected chi connectivity index (χ1v) is 9.50. The Labute approximate surface area is 160 Å². The second-order valence-corrected chi connectivity index (χ2v) is 6.78. The van der Waals surface area contributed by atoms with Gasteiger partial charge in [0.1, 0.15) is 5.82 Å². The fourth-order valence-corrected chi connectivity index (χ4v) is 3.08. The third-order valence-electron chi connectivity index (χ3n) is 4.68. The fraction of sp³-hybridized carbons (Fsp3) is 0.381. The molecule has 2 N–H and O–H groups in total. The van der Waals surface area contributed by atoms with Gasteiger partial charge < -0.3 is 10.3 Å². The Morgan fingerprint density at radius 2 is 1.81 bits per heavy atom. The molecule has 0 radical (unpaired) electrons. The number of imidazole rings is 1. The molecule has 6 nitrogen and oxygen atoms in total. The molecule has 0 aliphatic heterocycles. The Morgan fingerprint density at radius 1 is 1.07 bits per heavy atom. The predicted octanol–water partition coefficient (Wildman–Crippen LogP) is 3.72. The van der Waals surface area contributed by atoms with Gasteiger partial charge in [0.2, 0.25) is 5.91 Å². The largest absolute Gasteiger partial charge is 0.359 e. The van der Waals surface area contributed by atoms with Crippen molar-refractivity contribution in [3.05, 3.63) is 48.5 Å². The van der Waals surface area contributed by atoms with Crippen LogP contribution in [-0.4, -0.2) is 32.7 Å². The van der Waals surface area contributed by atoms with E-state index in [1.165, 1.54) is 0 Å². The number of amides is 1. The minimum Gasteiger partial charge on any atom is -0.359 e. The first-order valence-electron chi connectivity index (χ1n) is 9.50. The number of rotatable bonds is 9. The SMILES string of the molecule is CNC(=O)CCCCCCc1ncc(-c2ccc(-c3ccn(C)n3)cc2)[nH]1. The molecule has 0 aliphatic carbocycles. The van der Waals surface area contributed by atoms with Crippen molar-refractivity contribution >= 4 is 5.91 Å². The number of hydrogen-bond acceptors (Lipinski definition) is 3. The van der Waals surface area contributed by atoms with Gasteiger partial charge in [0.15, 0.2) is 0 Å². The van der Waals surface area contributed by atoms with E-state index in [9.17, 15) is 4.79 Å². The van der Waals surface area contributed by atoms with Gasteiger partial charge >= 0.3 is 0 Å². The average Bonchev–Trinajstić information content (AvgIpc) is 3.33. The van der Waals surface area contributed by atoms with Gasteiger partial charge in [-0.25, -0.2) is 4.98 Å². The molecule has 27 heavy (non-hydrogen) atoms. The average molecular weight is 365 g/mol. The highest BCUT2D eigenvalue weighted by atomic mass is 16.1. The van der Waals surface area contributed by atoms with E-state index in [4.69, 9.17) is 0 Å². The topological polar surface area (TPSA) is 75.6 Å². The van der Waals surface area contributed by atoms with Crippen molar-refractivity contribution in [1.82, 2.24) is 25.1 Å².